The molecule has 4 heterocycles. The van der Waals surface area contributed by atoms with E-state index in [1.807, 2.05) is 12.1 Å². The second-order valence-corrected chi connectivity index (χ2v) is 8.46. The standard InChI is InChI=1S/C22H30N4O3/c1-2-5-18(6-3-1)28-20-9-8-16(15-23-20)21-24-22(29-25-21)19-7-4-12-26(19)17-10-13-27-14-11-17/h8-9,15,17-19H,1-7,10-14H2/t19-/m0/s1. The van der Waals surface area contributed by atoms with Gasteiger partial charge in [0.25, 0.3) is 0 Å². The van der Waals surface area contributed by atoms with Gasteiger partial charge in [0.2, 0.25) is 17.6 Å². The molecule has 0 aromatic carbocycles. The van der Waals surface area contributed by atoms with Crippen LogP contribution in [0.3, 0.4) is 0 Å². The van der Waals surface area contributed by atoms with Gasteiger partial charge in [-0.15, -0.1) is 0 Å². The predicted octanol–water partition coefficient (Wildman–Crippen LogP) is 4.16. The van der Waals surface area contributed by atoms with Crippen LogP contribution in [0.1, 0.15) is 69.7 Å². The van der Waals surface area contributed by atoms with E-state index in [-0.39, 0.29) is 6.04 Å². The Hall–Kier alpha value is -1.99. The third-order valence-electron chi connectivity index (χ3n) is 6.51. The van der Waals surface area contributed by atoms with Gasteiger partial charge in [0, 0.05) is 37.1 Å². The van der Waals surface area contributed by atoms with Crippen LogP contribution >= 0.6 is 0 Å². The van der Waals surface area contributed by atoms with Crippen molar-refractivity contribution in [2.24, 2.45) is 0 Å². The molecular weight excluding hydrogens is 368 g/mol. The minimum Gasteiger partial charge on any atom is -0.474 e. The summed E-state index contributed by atoms with van der Waals surface area (Å²) in [7, 11) is 0. The summed E-state index contributed by atoms with van der Waals surface area (Å²) in [6.07, 6.45) is 12.6. The highest BCUT2D eigenvalue weighted by Crippen LogP contribution is 2.36. The molecule has 29 heavy (non-hydrogen) atoms. The van der Waals surface area contributed by atoms with Gasteiger partial charge >= 0.3 is 0 Å². The number of ether oxygens (including phenoxy) is 2. The van der Waals surface area contributed by atoms with E-state index in [4.69, 9.17) is 19.0 Å². The van der Waals surface area contributed by atoms with Gasteiger partial charge in [-0.3, -0.25) is 4.90 Å². The molecule has 156 valence electrons. The van der Waals surface area contributed by atoms with E-state index < -0.39 is 0 Å². The Bertz CT molecular complexity index is 782. The van der Waals surface area contributed by atoms with Gasteiger partial charge in [0.05, 0.1) is 6.04 Å². The van der Waals surface area contributed by atoms with Crippen LogP contribution in [0.15, 0.2) is 22.9 Å². The van der Waals surface area contributed by atoms with E-state index in [0.717, 1.165) is 63.3 Å². The number of likely N-dealkylation sites (tertiary alicyclic amines) is 1. The maximum atomic E-state index is 6.02. The van der Waals surface area contributed by atoms with Crippen molar-refractivity contribution in [3.63, 3.8) is 0 Å². The fraction of sp³-hybridized carbons (Fsp3) is 0.682. The lowest BCUT2D eigenvalue weighted by Gasteiger charge is -2.33. The molecule has 1 saturated carbocycles. The normalized spacial score (nSPS) is 24.8. The van der Waals surface area contributed by atoms with Gasteiger partial charge in [-0.1, -0.05) is 11.6 Å². The number of hydrogen-bond acceptors (Lipinski definition) is 7. The molecule has 3 fully saturated rings. The van der Waals surface area contributed by atoms with Crippen LogP contribution in [0.4, 0.5) is 0 Å². The second kappa shape index (κ2) is 8.79. The first-order chi connectivity index (χ1) is 14.4. The van der Waals surface area contributed by atoms with E-state index in [9.17, 15) is 0 Å². The van der Waals surface area contributed by atoms with Crippen LogP contribution in [0.5, 0.6) is 5.88 Å². The largest absolute Gasteiger partial charge is 0.474 e. The molecule has 2 aliphatic heterocycles. The van der Waals surface area contributed by atoms with Crippen LogP contribution < -0.4 is 4.74 Å². The van der Waals surface area contributed by atoms with Gasteiger partial charge in [0.15, 0.2) is 0 Å². The van der Waals surface area contributed by atoms with Crippen molar-refractivity contribution in [3.8, 4) is 17.3 Å². The SMILES string of the molecule is c1cc(OC2CCCCC2)ncc1-c1noc([C@@H]2CCCN2C2CCOCC2)n1. The van der Waals surface area contributed by atoms with E-state index in [1.165, 1.54) is 25.7 Å². The first kappa shape index (κ1) is 19.0. The van der Waals surface area contributed by atoms with Crippen molar-refractivity contribution in [1.29, 1.82) is 0 Å². The van der Waals surface area contributed by atoms with Crippen molar-refractivity contribution in [3.05, 3.63) is 24.2 Å². The molecule has 2 aromatic heterocycles. The zero-order chi connectivity index (χ0) is 19.5. The number of aromatic nitrogens is 3. The molecule has 0 radical (unpaired) electrons. The third kappa shape index (κ3) is 4.31. The Labute approximate surface area is 171 Å². The highest BCUT2D eigenvalue weighted by molar-refractivity contribution is 5.53. The molecule has 5 rings (SSSR count). The molecule has 1 atom stereocenters. The van der Waals surface area contributed by atoms with Crippen LogP contribution in [-0.4, -0.2) is 51.9 Å². The Balaban J connectivity index is 1.25. The quantitative estimate of drug-likeness (QED) is 0.749. The van der Waals surface area contributed by atoms with Crippen LogP contribution in [0.2, 0.25) is 0 Å². The molecule has 3 aliphatic rings. The fourth-order valence-corrected chi connectivity index (χ4v) is 4.93. The van der Waals surface area contributed by atoms with Crippen molar-refractivity contribution in [2.45, 2.75) is 76.0 Å². The van der Waals surface area contributed by atoms with Crippen molar-refractivity contribution in [1.82, 2.24) is 20.0 Å². The Kier molecular flexibility index (Phi) is 5.76. The molecule has 0 amide bonds. The van der Waals surface area contributed by atoms with E-state index >= 15 is 0 Å². The van der Waals surface area contributed by atoms with Crippen molar-refractivity contribution < 1.29 is 14.0 Å². The summed E-state index contributed by atoms with van der Waals surface area (Å²) in [6.45, 7) is 2.80. The van der Waals surface area contributed by atoms with Crippen molar-refractivity contribution in [2.75, 3.05) is 19.8 Å². The molecule has 7 heteroatoms. The van der Waals surface area contributed by atoms with Crippen LogP contribution in [-0.2, 0) is 4.74 Å². The van der Waals surface area contributed by atoms with E-state index in [1.54, 1.807) is 6.20 Å². The van der Waals surface area contributed by atoms with Crippen LogP contribution in [0.25, 0.3) is 11.4 Å². The molecule has 1 aliphatic carbocycles. The molecule has 0 N–H and O–H groups in total. The topological polar surface area (TPSA) is 73.5 Å². The summed E-state index contributed by atoms with van der Waals surface area (Å²) in [6, 6.07) is 4.68. The number of pyridine rings is 1. The average molecular weight is 399 g/mol. The van der Waals surface area contributed by atoms with Gasteiger partial charge in [0.1, 0.15) is 6.10 Å². The summed E-state index contributed by atoms with van der Waals surface area (Å²) in [5, 5.41) is 4.24. The van der Waals surface area contributed by atoms with E-state index in [0.29, 0.717) is 23.9 Å². The summed E-state index contributed by atoms with van der Waals surface area (Å²) in [4.78, 5) is 11.7. The van der Waals surface area contributed by atoms with Crippen molar-refractivity contribution >= 4 is 0 Å². The number of rotatable bonds is 5. The maximum absolute atomic E-state index is 6.02. The summed E-state index contributed by atoms with van der Waals surface area (Å²) < 4.78 is 17.2. The molecule has 2 aromatic rings. The summed E-state index contributed by atoms with van der Waals surface area (Å²) in [5.41, 5.74) is 0.867. The Morgan fingerprint density at radius 3 is 2.62 bits per heavy atom. The van der Waals surface area contributed by atoms with Crippen LogP contribution in [0, 0.1) is 0 Å². The zero-order valence-corrected chi connectivity index (χ0v) is 17.0. The van der Waals surface area contributed by atoms with Gasteiger partial charge < -0.3 is 14.0 Å². The lowest BCUT2D eigenvalue weighted by molar-refractivity contribution is 0.0243. The minimum absolute atomic E-state index is 0.223. The lowest BCUT2D eigenvalue weighted by atomic mass is 9.98. The number of nitrogens with zero attached hydrogens (tertiary/aromatic N) is 4. The smallest absolute Gasteiger partial charge is 0.244 e. The van der Waals surface area contributed by atoms with Gasteiger partial charge in [-0.25, -0.2) is 4.98 Å². The fourth-order valence-electron chi connectivity index (χ4n) is 4.93. The third-order valence-corrected chi connectivity index (χ3v) is 6.51. The van der Waals surface area contributed by atoms with Gasteiger partial charge in [-0.05, 0) is 64.0 Å². The summed E-state index contributed by atoms with van der Waals surface area (Å²) in [5.74, 6) is 2.02. The Morgan fingerprint density at radius 1 is 0.966 bits per heavy atom. The second-order valence-electron chi connectivity index (χ2n) is 8.46. The highest BCUT2D eigenvalue weighted by atomic mass is 16.5. The Morgan fingerprint density at radius 2 is 1.83 bits per heavy atom. The maximum Gasteiger partial charge on any atom is 0.244 e. The molecule has 7 nitrogen and oxygen atoms in total. The first-order valence-electron chi connectivity index (χ1n) is 11.2. The molecule has 0 spiro atoms. The molecule has 2 saturated heterocycles. The summed E-state index contributed by atoms with van der Waals surface area (Å²) >= 11 is 0. The zero-order valence-electron chi connectivity index (χ0n) is 17.0. The predicted molar refractivity (Wildman–Crippen MR) is 108 cm³/mol. The average Bonchev–Trinajstić information content (AvgIpc) is 3.45. The number of hydrogen-bond donors (Lipinski definition) is 0. The minimum atomic E-state index is 0.223. The molecule has 0 bridgehead atoms. The monoisotopic (exact) mass is 398 g/mol. The molecular formula is C22H30N4O3. The van der Waals surface area contributed by atoms with E-state index in [2.05, 4.69) is 15.0 Å². The first-order valence-corrected chi connectivity index (χ1v) is 11.2. The highest BCUT2D eigenvalue weighted by Gasteiger charge is 2.36. The lowest BCUT2D eigenvalue weighted by Crippen LogP contribution is -2.39. The van der Waals surface area contributed by atoms with Gasteiger partial charge in [-0.2, -0.15) is 4.98 Å². The molecule has 0 unspecified atom stereocenters.